The van der Waals surface area contributed by atoms with E-state index >= 15 is 0 Å². The maximum atomic E-state index is 14.7. The predicted octanol–water partition coefficient (Wildman–Crippen LogP) is 8.16. The van der Waals surface area contributed by atoms with E-state index in [0.717, 1.165) is 46.7 Å². The molecule has 4 aromatic rings. The molecular formula is C37H38Cl3N3O4S. The van der Waals surface area contributed by atoms with Crippen molar-refractivity contribution in [2.24, 2.45) is 0 Å². The Labute approximate surface area is 297 Å². The van der Waals surface area contributed by atoms with Gasteiger partial charge in [-0.1, -0.05) is 108 Å². The first-order chi connectivity index (χ1) is 22.9. The van der Waals surface area contributed by atoms with E-state index in [-0.39, 0.29) is 35.5 Å². The minimum absolute atomic E-state index is 0.00950. The van der Waals surface area contributed by atoms with Crippen molar-refractivity contribution in [2.75, 3.05) is 10.8 Å². The highest BCUT2D eigenvalue weighted by Gasteiger charge is 2.36. The molecule has 1 aliphatic rings. The summed E-state index contributed by atoms with van der Waals surface area (Å²) in [6.45, 7) is 2.93. The molecule has 0 heterocycles. The molecule has 1 fully saturated rings. The molecule has 7 nitrogen and oxygen atoms in total. The van der Waals surface area contributed by atoms with Crippen molar-refractivity contribution in [1.29, 1.82) is 0 Å². The van der Waals surface area contributed by atoms with Crippen LogP contribution in [0.15, 0.2) is 95.9 Å². The SMILES string of the molecule is Cc1ccc(S(=O)(=O)N(CC(=O)N(Cc2c(Cl)cccc2Cl)C(Cc2ccccc2)C(=O)NC2CCCC2)c2ccc(C)c(Cl)c2)cc1. The van der Waals surface area contributed by atoms with Crippen LogP contribution in [0.3, 0.4) is 0 Å². The molecule has 1 aliphatic carbocycles. The van der Waals surface area contributed by atoms with Gasteiger partial charge in [-0.3, -0.25) is 13.9 Å². The van der Waals surface area contributed by atoms with Gasteiger partial charge in [-0.25, -0.2) is 8.42 Å². The van der Waals surface area contributed by atoms with Gasteiger partial charge in [0.2, 0.25) is 11.8 Å². The third-order valence-electron chi connectivity index (χ3n) is 8.69. The molecule has 2 amide bonds. The number of benzene rings is 4. The lowest BCUT2D eigenvalue weighted by Gasteiger charge is -2.34. The van der Waals surface area contributed by atoms with Crippen molar-refractivity contribution in [3.63, 3.8) is 0 Å². The average molecular weight is 727 g/mol. The fraction of sp³-hybridized carbons (Fsp3) is 0.297. The standard InChI is InChI=1S/C37H38Cl3N3O4S/c1-25-15-19-30(20-16-25)48(46,47)43(29-18-17-26(2)34(40)22-29)24-36(44)42(23-31-32(38)13-8-14-33(31)39)35(21-27-9-4-3-5-10-27)37(45)41-28-11-6-7-12-28/h3-5,8-10,13-20,22,28,35H,6-7,11-12,21,23-24H2,1-2H3,(H,41,45). The summed E-state index contributed by atoms with van der Waals surface area (Å²) in [5.41, 5.74) is 3.13. The van der Waals surface area contributed by atoms with E-state index in [1.165, 1.54) is 23.1 Å². The number of hydrogen-bond donors (Lipinski definition) is 1. The highest BCUT2D eigenvalue weighted by molar-refractivity contribution is 7.92. The van der Waals surface area contributed by atoms with Crippen LogP contribution in [0.4, 0.5) is 5.69 Å². The molecule has 0 radical (unpaired) electrons. The second-order valence-electron chi connectivity index (χ2n) is 12.2. The molecular weight excluding hydrogens is 689 g/mol. The Hall–Kier alpha value is -3.56. The van der Waals surface area contributed by atoms with Crippen molar-refractivity contribution < 1.29 is 18.0 Å². The van der Waals surface area contributed by atoms with Crippen LogP contribution in [0.1, 0.15) is 47.9 Å². The predicted molar refractivity (Wildman–Crippen MR) is 193 cm³/mol. The minimum atomic E-state index is -4.27. The number of hydrogen-bond acceptors (Lipinski definition) is 4. The van der Waals surface area contributed by atoms with Crippen LogP contribution in [-0.4, -0.2) is 43.8 Å². The van der Waals surface area contributed by atoms with Crippen molar-refractivity contribution in [2.45, 2.75) is 69.5 Å². The molecule has 4 aromatic carbocycles. The molecule has 11 heteroatoms. The third kappa shape index (κ3) is 8.53. The number of nitrogens with zero attached hydrogens (tertiary/aromatic N) is 2. The van der Waals surface area contributed by atoms with Gasteiger partial charge in [0.15, 0.2) is 0 Å². The van der Waals surface area contributed by atoms with Crippen LogP contribution in [0.2, 0.25) is 15.1 Å². The van der Waals surface area contributed by atoms with Gasteiger partial charge in [0.05, 0.1) is 10.6 Å². The first-order valence-corrected chi connectivity index (χ1v) is 18.4. The zero-order chi connectivity index (χ0) is 34.4. The summed E-state index contributed by atoms with van der Waals surface area (Å²) in [5.74, 6) is -0.936. The van der Waals surface area contributed by atoms with E-state index in [1.807, 2.05) is 44.2 Å². The van der Waals surface area contributed by atoms with Crippen LogP contribution in [0, 0.1) is 13.8 Å². The van der Waals surface area contributed by atoms with Gasteiger partial charge in [0, 0.05) is 39.6 Å². The number of carbonyl (C=O) groups excluding carboxylic acids is 2. The summed E-state index contributed by atoms with van der Waals surface area (Å²) in [6.07, 6.45) is 3.91. The van der Waals surface area contributed by atoms with Gasteiger partial charge in [0.25, 0.3) is 10.0 Å². The quantitative estimate of drug-likeness (QED) is 0.160. The maximum absolute atomic E-state index is 14.7. The van der Waals surface area contributed by atoms with Crippen molar-refractivity contribution in [1.82, 2.24) is 10.2 Å². The molecule has 0 aliphatic heterocycles. The number of halogens is 3. The Balaban J connectivity index is 1.61. The second kappa shape index (κ2) is 15.8. The molecule has 1 atom stereocenters. The molecule has 5 rings (SSSR count). The average Bonchev–Trinajstić information content (AvgIpc) is 3.57. The van der Waals surface area contributed by atoms with E-state index in [4.69, 9.17) is 34.8 Å². The van der Waals surface area contributed by atoms with Crippen molar-refractivity contribution >= 4 is 62.3 Å². The Morgan fingerprint density at radius 2 is 1.48 bits per heavy atom. The third-order valence-corrected chi connectivity index (χ3v) is 11.6. The highest BCUT2D eigenvalue weighted by atomic mass is 35.5. The molecule has 1 unspecified atom stereocenters. The van der Waals surface area contributed by atoms with E-state index in [1.54, 1.807) is 42.5 Å². The van der Waals surface area contributed by atoms with Crippen LogP contribution in [0.5, 0.6) is 0 Å². The number of sulfonamides is 1. The molecule has 0 spiro atoms. The Bertz CT molecular complexity index is 1840. The zero-order valence-electron chi connectivity index (χ0n) is 26.8. The molecule has 1 N–H and O–H groups in total. The smallest absolute Gasteiger partial charge is 0.264 e. The summed E-state index contributed by atoms with van der Waals surface area (Å²) < 4.78 is 29.6. The second-order valence-corrected chi connectivity index (χ2v) is 15.3. The van der Waals surface area contributed by atoms with Gasteiger partial charge >= 0.3 is 0 Å². The van der Waals surface area contributed by atoms with Gasteiger partial charge < -0.3 is 10.2 Å². The molecule has 48 heavy (non-hydrogen) atoms. The number of aryl methyl sites for hydroxylation is 2. The molecule has 0 bridgehead atoms. The van der Waals surface area contributed by atoms with E-state index in [9.17, 15) is 18.0 Å². The molecule has 1 saturated carbocycles. The monoisotopic (exact) mass is 725 g/mol. The minimum Gasteiger partial charge on any atom is -0.352 e. The van der Waals surface area contributed by atoms with E-state index in [2.05, 4.69) is 5.32 Å². The van der Waals surface area contributed by atoms with Gasteiger partial charge in [0.1, 0.15) is 12.6 Å². The highest BCUT2D eigenvalue weighted by Crippen LogP contribution is 2.31. The number of nitrogens with one attached hydrogen (secondary N) is 1. The Kier molecular flexibility index (Phi) is 11.7. The Morgan fingerprint density at radius 1 is 0.833 bits per heavy atom. The van der Waals surface area contributed by atoms with Crippen LogP contribution < -0.4 is 9.62 Å². The van der Waals surface area contributed by atoms with Gasteiger partial charge in [-0.05, 0) is 74.2 Å². The lowest BCUT2D eigenvalue weighted by Crippen LogP contribution is -2.54. The molecule has 0 aromatic heterocycles. The number of anilines is 1. The van der Waals surface area contributed by atoms with Crippen LogP contribution in [0.25, 0.3) is 0 Å². The fourth-order valence-corrected chi connectivity index (χ4v) is 7.98. The zero-order valence-corrected chi connectivity index (χ0v) is 29.9. The topological polar surface area (TPSA) is 86.8 Å². The number of amides is 2. The number of rotatable bonds is 12. The Morgan fingerprint density at radius 3 is 2.10 bits per heavy atom. The van der Waals surface area contributed by atoms with Crippen LogP contribution >= 0.6 is 34.8 Å². The van der Waals surface area contributed by atoms with Crippen molar-refractivity contribution in [3.8, 4) is 0 Å². The van der Waals surface area contributed by atoms with Crippen molar-refractivity contribution in [3.05, 3.63) is 128 Å². The summed E-state index contributed by atoms with van der Waals surface area (Å²) in [7, 11) is -4.27. The molecule has 0 saturated heterocycles. The first-order valence-electron chi connectivity index (χ1n) is 15.9. The lowest BCUT2D eigenvalue weighted by molar-refractivity contribution is -0.140. The largest absolute Gasteiger partial charge is 0.352 e. The number of carbonyl (C=O) groups is 2. The summed E-state index contributed by atoms with van der Waals surface area (Å²) in [6, 6.07) is 24.7. The van der Waals surface area contributed by atoms with E-state index in [0.29, 0.717) is 20.6 Å². The fourth-order valence-electron chi connectivity index (χ4n) is 5.88. The summed E-state index contributed by atoms with van der Waals surface area (Å²) >= 11 is 19.7. The van der Waals surface area contributed by atoms with E-state index < -0.39 is 28.5 Å². The summed E-state index contributed by atoms with van der Waals surface area (Å²) in [5, 5.41) is 4.16. The molecule has 252 valence electrons. The lowest BCUT2D eigenvalue weighted by atomic mass is 10.0. The van der Waals surface area contributed by atoms with Gasteiger partial charge in [-0.2, -0.15) is 0 Å². The van der Waals surface area contributed by atoms with Crippen LogP contribution in [-0.2, 0) is 32.6 Å². The normalized spacial score (nSPS) is 14.0. The van der Waals surface area contributed by atoms with Gasteiger partial charge in [-0.15, -0.1) is 0 Å². The first kappa shape index (κ1) is 35.7. The maximum Gasteiger partial charge on any atom is 0.264 e. The summed E-state index contributed by atoms with van der Waals surface area (Å²) in [4.78, 5) is 30.3.